The maximum atomic E-state index is 12.6. The van der Waals surface area contributed by atoms with Gasteiger partial charge in [0.2, 0.25) is 6.29 Å². The zero-order chi connectivity index (χ0) is 20.3. The van der Waals surface area contributed by atoms with Gasteiger partial charge in [-0.05, 0) is 43.3 Å². The third kappa shape index (κ3) is 4.18. The molecule has 3 rings (SSSR count). The summed E-state index contributed by atoms with van der Waals surface area (Å²) >= 11 is 0. The van der Waals surface area contributed by atoms with Gasteiger partial charge in [0.1, 0.15) is 12.3 Å². The molecular weight excluding hydrogens is 364 g/mol. The maximum Gasteiger partial charge on any atom is 0.322 e. The number of hydrogen-bond donors (Lipinski definition) is 4. The minimum atomic E-state index is -1.39. The highest BCUT2D eigenvalue weighted by molar-refractivity contribution is 6.12. The molecule has 1 atom stereocenters. The normalized spacial score (nSPS) is 16.9. The fourth-order valence-corrected chi connectivity index (χ4v) is 2.65. The van der Waals surface area contributed by atoms with Crippen molar-refractivity contribution in [3.05, 3.63) is 70.9 Å². The van der Waals surface area contributed by atoms with Crippen LogP contribution in [0.2, 0.25) is 0 Å². The monoisotopic (exact) mass is 382 g/mol. The van der Waals surface area contributed by atoms with Gasteiger partial charge in [-0.2, -0.15) is 0 Å². The quantitative estimate of drug-likeness (QED) is 0.580. The average molecular weight is 382 g/mol. The van der Waals surface area contributed by atoms with E-state index in [0.717, 1.165) is 5.56 Å². The van der Waals surface area contributed by atoms with E-state index < -0.39 is 24.7 Å². The van der Waals surface area contributed by atoms with E-state index in [1.165, 1.54) is 18.3 Å². The van der Waals surface area contributed by atoms with Crippen molar-refractivity contribution in [3.8, 4) is 5.75 Å². The van der Waals surface area contributed by atoms with E-state index in [1.54, 1.807) is 30.3 Å². The fourth-order valence-electron chi connectivity index (χ4n) is 2.65. The summed E-state index contributed by atoms with van der Waals surface area (Å²) in [5, 5.41) is 23.8. The van der Waals surface area contributed by atoms with E-state index in [9.17, 15) is 19.5 Å². The molecule has 1 aliphatic heterocycles. The number of Topliss-reactive ketones (excluding diaryl/α,β-unsaturated/α-hetero) is 1. The zero-order valence-electron chi connectivity index (χ0n) is 14.9. The van der Waals surface area contributed by atoms with Gasteiger partial charge in [-0.15, -0.1) is 0 Å². The molecule has 0 radical (unpaired) electrons. The number of anilines is 1. The Kier molecular flexibility index (Phi) is 5.42. The number of carboxylic acids is 1. The van der Waals surface area contributed by atoms with Crippen molar-refractivity contribution in [2.45, 2.75) is 13.2 Å². The second kappa shape index (κ2) is 7.93. The number of ether oxygens (including phenoxy) is 1. The van der Waals surface area contributed by atoms with Crippen LogP contribution in [0.5, 0.6) is 5.75 Å². The lowest BCUT2D eigenvalue weighted by Crippen LogP contribution is -2.30. The Morgan fingerprint density at radius 1 is 1.18 bits per heavy atom. The number of ketones is 1. The second-order valence-corrected chi connectivity index (χ2v) is 6.20. The van der Waals surface area contributed by atoms with Crippen LogP contribution in [0, 0.1) is 6.92 Å². The van der Waals surface area contributed by atoms with Crippen LogP contribution >= 0.6 is 0 Å². The summed E-state index contributed by atoms with van der Waals surface area (Å²) in [5.41, 5.74) is 2.19. The molecule has 0 saturated carbocycles. The summed E-state index contributed by atoms with van der Waals surface area (Å²) in [5.74, 6) is -1.65. The molecule has 0 spiro atoms. The van der Waals surface area contributed by atoms with E-state index in [4.69, 9.17) is 9.84 Å². The molecular formula is C20H18N2O6. The van der Waals surface area contributed by atoms with Gasteiger partial charge in [0.15, 0.2) is 5.78 Å². The Morgan fingerprint density at radius 2 is 1.89 bits per heavy atom. The highest BCUT2D eigenvalue weighted by Gasteiger charge is 2.30. The van der Waals surface area contributed by atoms with Crippen molar-refractivity contribution >= 4 is 23.3 Å². The predicted octanol–water partition coefficient (Wildman–Crippen LogP) is 1.70. The van der Waals surface area contributed by atoms with Crippen molar-refractivity contribution in [1.82, 2.24) is 5.32 Å². The first kappa shape index (κ1) is 19.1. The van der Waals surface area contributed by atoms with Gasteiger partial charge in [-0.25, -0.2) is 0 Å². The van der Waals surface area contributed by atoms with E-state index >= 15 is 0 Å². The van der Waals surface area contributed by atoms with Crippen molar-refractivity contribution in [1.29, 1.82) is 0 Å². The molecule has 8 nitrogen and oxygen atoms in total. The first-order valence-corrected chi connectivity index (χ1v) is 8.42. The first-order valence-electron chi connectivity index (χ1n) is 8.42. The summed E-state index contributed by atoms with van der Waals surface area (Å²) in [4.78, 5) is 34.9. The Bertz CT molecular complexity index is 965. The number of carbonyl (C=O) groups is 3. The van der Waals surface area contributed by atoms with Crippen LogP contribution in [0.25, 0.3) is 0 Å². The van der Waals surface area contributed by atoms with Gasteiger partial charge >= 0.3 is 5.97 Å². The summed E-state index contributed by atoms with van der Waals surface area (Å²) < 4.78 is 5.38. The van der Waals surface area contributed by atoms with E-state index in [2.05, 4.69) is 10.6 Å². The van der Waals surface area contributed by atoms with Crippen LogP contribution in [-0.2, 0) is 4.79 Å². The molecule has 0 bridgehead atoms. The Hall–Kier alpha value is -3.65. The van der Waals surface area contributed by atoms with Gasteiger partial charge in [0.05, 0.1) is 11.1 Å². The molecule has 0 fully saturated rings. The van der Waals surface area contributed by atoms with Gasteiger partial charge in [-0.3, -0.25) is 14.4 Å². The molecule has 4 N–H and O–H groups in total. The Labute approximate surface area is 160 Å². The number of aliphatic hydroxyl groups is 1. The Balaban J connectivity index is 1.72. The molecule has 2 aromatic carbocycles. The molecule has 1 amide bonds. The van der Waals surface area contributed by atoms with Gasteiger partial charge < -0.3 is 25.6 Å². The smallest absolute Gasteiger partial charge is 0.322 e. The van der Waals surface area contributed by atoms with Crippen molar-refractivity contribution in [3.63, 3.8) is 0 Å². The molecule has 8 heteroatoms. The topological polar surface area (TPSA) is 125 Å². The lowest BCUT2D eigenvalue weighted by Gasteiger charge is -2.24. The first-order chi connectivity index (χ1) is 13.3. The van der Waals surface area contributed by atoms with E-state index in [1.807, 2.05) is 6.92 Å². The highest BCUT2D eigenvalue weighted by atomic mass is 16.6. The van der Waals surface area contributed by atoms with Crippen LogP contribution in [0.3, 0.4) is 0 Å². The van der Waals surface area contributed by atoms with Crippen molar-refractivity contribution < 1.29 is 29.3 Å². The molecule has 1 heterocycles. The van der Waals surface area contributed by atoms with Crippen LogP contribution in [0.4, 0.5) is 5.69 Å². The number of amides is 1. The standard InChI is InChI=1S/C20H18N2O6/c1-11-2-7-16-14(8-11)18(25)15(20(27)28-16)9-21-13-5-3-12(4-6-13)19(26)22-10-17(23)24/h2-9,20-21,27H,10H2,1H3,(H,22,26)(H,23,24)/b15-9+. The van der Waals surface area contributed by atoms with Crippen molar-refractivity contribution in [2.24, 2.45) is 0 Å². The summed E-state index contributed by atoms with van der Waals surface area (Å²) in [7, 11) is 0. The molecule has 0 aromatic heterocycles. The van der Waals surface area contributed by atoms with E-state index in [0.29, 0.717) is 22.6 Å². The number of aryl methyl sites for hydroxylation is 1. The maximum absolute atomic E-state index is 12.6. The Morgan fingerprint density at radius 3 is 2.57 bits per heavy atom. The second-order valence-electron chi connectivity index (χ2n) is 6.20. The number of carboxylic acid groups (broad SMARTS) is 1. The molecule has 1 aliphatic rings. The summed E-state index contributed by atoms with van der Waals surface area (Å²) in [6.45, 7) is 1.39. The molecule has 28 heavy (non-hydrogen) atoms. The highest BCUT2D eigenvalue weighted by Crippen LogP contribution is 2.30. The number of aliphatic carboxylic acids is 1. The predicted molar refractivity (Wildman–Crippen MR) is 100 cm³/mol. The van der Waals surface area contributed by atoms with E-state index in [-0.39, 0.29) is 11.4 Å². The number of hydrogen-bond acceptors (Lipinski definition) is 6. The number of fused-ring (bicyclic) bond motifs is 1. The molecule has 0 saturated heterocycles. The number of nitrogens with one attached hydrogen (secondary N) is 2. The number of benzene rings is 2. The summed E-state index contributed by atoms with van der Waals surface area (Å²) in [6.07, 6.45) is -0.0334. The van der Waals surface area contributed by atoms with Crippen LogP contribution < -0.4 is 15.4 Å². The molecule has 1 unspecified atom stereocenters. The average Bonchev–Trinajstić information content (AvgIpc) is 2.67. The van der Waals surface area contributed by atoms with Crippen LogP contribution in [0.1, 0.15) is 26.3 Å². The largest absolute Gasteiger partial charge is 0.480 e. The molecule has 144 valence electrons. The minimum Gasteiger partial charge on any atom is -0.480 e. The molecule has 2 aromatic rings. The van der Waals surface area contributed by atoms with Crippen LogP contribution in [-0.4, -0.2) is 40.7 Å². The number of aliphatic hydroxyl groups excluding tert-OH is 1. The number of rotatable bonds is 5. The third-order valence-electron chi connectivity index (χ3n) is 4.09. The SMILES string of the molecule is Cc1ccc2c(c1)C(=O)/C(=C\Nc1ccc(C(=O)NCC(=O)O)cc1)C(O)O2. The van der Waals surface area contributed by atoms with Gasteiger partial charge in [0.25, 0.3) is 5.91 Å². The minimum absolute atomic E-state index is 0.0568. The number of carbonyl (C=O) groups excluding carboxylic acids is 2. The lowest BCUT2D eigenvalue weighted by molar-refractivity contribution is -0.135. The molecule has 0 aliphatic carbocycles. The lowest BCUT2D eigenvalue weighted by atomic mass is 9.98. The fraction of sp³-hybridized carbons (Fsp3) is 0.150. The summed E-state index contributed by atoms with van der Waals surface area (Å²) in [6, 6.07) is 11.3. The zero-order valence-corrected chi connectivity index (χ0v) is 14.9. The third-order valence-corrected chi connectivity index (χ3v) is 4.09. The van der Waals surface area contributed by atoms with Gasteiger partial charge in [0, 0.05) is 17.5 Å². The van der Waals surface area contributed by atoms with Crippen LogP contribution in [0.15, 0.2) is 54.2 Å². The van der Waals surface area contributed by atoms with Gasteiger partial charge in [-0.1, -0.05) is 11.6 Å². The van der Waals surface area contributed by atoms with Crippen molar-refractivity contribution in [2.75, 3.05) is 11.9 Å².